The molecule has 4 rings (SSSR count). The van der Waals surface area contributed by atoms with Crippen molar-refractivity contribution in [2.24, 2.45) is 5.92 Å². The number of fused-ring (bicyclic) bond motifs is 1. The highest BCUT2D eigenvalue weighted by Crippen LogP contribution is 2.24. The Labute approximate surface area is 146 Å². The molecule has 2 aliphatic rings. The van der Waals surface area contributed by atoms with Crippen LogP contribution < -0.4 is 5.32 Å². The summed E-state index contributed by atoms with van der Waals surface area (Å²) in [6.45, 7) is 1.19. The first-order valence-electron chi connectivity index (χ1n) is 8.82. The second kappa shape index (κ2) is 6.70. The monoisotopic (exact) mass is 338 g/mol. The van der Waals surface area contributed by atoms with Gasteiger partial charge in [-0.2, -0.15) is 0 Å². The van der Waals surface area contributed by atoms with Crippen molar-refractivity contribution >= 4 is 11.8 Å². The van der Waals surface area contributed by atoms with Gasteiger partial charge >= 0.3 is 0 Å². The molecule has 0 saturated carbocycles. The minimum absolute atomic E-state index is 0.0359. The number of aromatic amines is 1. The highest BCUT2D eigenvalue weighted by atomic mass is 16.2. The molecule has 1 aromatic carbocycles. The minimum Gasteiger partial charge on any atom is -0.351 e. The van der Waals surface area contributed by atoms with E-state index in [1.54, 1.807) is 6.33 Å². The Hall–Kier alpha value is -2.63. The molecule has 130 valence electrons. The second-order valence-electron chi connectivity index (χ2n) is 6.94. The van der Waals surface area contributed by atoms with Gasteiger partial charge in [-0.15, -0.1) is 0 Å². The maximum atomic E-state index is 12.6. The molecule has 2 heterocycles. The quantitative estimate of drug-likeness (QED) is 0.885. The molecule has 25 heavy (non-hydrogen) atoms. The lowest BCUT2D eigenvalue weighted by Gasteiger charge is -2.23. The summed E-state index contributed by atoms with van der Waals surface area (Å²) >= 11 is 0. The first kappa shape index (κ1) is 15.9. The Morgan fingerprint density at radius 2 is 2.12 bits per heavy atom. The molecule has 2 amide bonds. The minimum atomic E-state index is -0.0909. The molecular weight excluding hydrogens is 316 g/mol. The van der Waals surface area contributed by atoms with Crippen LogP contribution in [-0.2, 0) is 29.0 Å². The lowest BCUT2D eigenvalue weighted by Crippen LogP contribution is -2.42. The van der Waals surface area contributed by atoms with E-state index in [0.717, 1.165) is 29.8 Å². The van der Waals surface area contributed by atoms with Gasteiger partial charge in [0.15, 0.2) is 0 Å². The number of aryl methyl sites for hydroxylation is 1. The fraction of sp³-hybridized carbons (Fsp3) is 0.421. The lowest BCUT2D eigenvalue weighted by molar-refractivity contribution is -0.128. The molecule has 2 N–H and O–H groups in total. The third kappa shape index (κ3) is 3.43. The first-order chi connectivity index (χ1) is 12.2. The topological polar surface area (TPSA) is 78.1 Å². The number of amides is 2. The van der Waals surface area contributed by atoms with E-state index in [2.05, 4.69) is 15.3 Å². The normalized spacial score (nSPS) is 22.7. The van der Waals surface area contributed by atoms with E-state index < -0.39 is 0 Å². The van der Waals surface area contributed by atoms with E-state index in [0.29, 0.717) is 25.9 Å². The van der Waals surface area contributed by atoms with Gasteiger partial charge in [-0.05, 0) is 18.4 Å². The standard InChI is InChI=1S/C19H22N4O2/c24-18-9-15(11-23(18)10-13-4-2-1-3-5-13)22-19(25)14-6-7-16-17(8-14)21-12-20-16/h1-5,12,14-15H,6-11H2,(H,20,21)(H,22,25)/t14-,15+/m1/s1. The number of imidazole rings is 1. The molecule has 1 aromatic heterocycles. The van der Waals surface area contributed by atoms with Gasteiger partial charge in [-0.3, -0.25) is 9.59 Å². The number of likely N-dealkylation sites (tertiary alicyclic amines) is 1. The number of H-pyrrole nitrogens is 1. The van der Waals surface area contributed by atoms with Crippen molar-refractivity contribution in [3.05, 3.63) is 53.6 Å². The van der Waals surface area contributed by atoms with Crippen molar-refractivity contribution in [1.29, 1.82) is 0 Å². The van der Waals surface area contributed by atoms with Crippen LogP contribution in [0.1, 0.15) is 29.8 Å². The van der Waals surface area contributed by atoms with Gasteiger partial charge in [0.2, 0.25) is 11.8 Å². The molecule has 1 aliphatic heterocycles. The summed E-state index contributed by atoms with van der Waals surface area (Å²) in [6, 6.07) is 9.86. The van der Waals surface area contributed by atoms with Gasteiger partial charge in [0.25, 0.3) is 0 Å². The maximum Gasteiger partial charge on any atom is 0.225 e. The van der Waals surface area contributed by atoms with Crippen LogP contribution >= 0.6 is 0 Å². The number of nitrogens with one attached hydrogen (secondary N) is 2. The summed E-state index contributed by atoms with van der Waals surface area (Å²) < 4.78 is 0. The Morgan fingerprint density at radius 1 is 1.28 bits per heavy atom. The molecule has 6 nitrogen and oxygen atoms in total. The average molecular weight is 338 g/mol. The van der Waals surface area contributed by atoms with Crippen molar-refractivity contribution in [2.45, 2.75) is 38.3 Å². The molecule has 0 unspecified atom stereocenters. The summed E-state index contributed by atoms with van der Waals surface area (Å²) in [5, 5.41) is 3.08. The van der Waals surface area contributed by atoms with Crippen LogP contribution in [0.3, 0.4) is 0 Å². The largest absolute Gasteiger partial charge is 0.351 e. The molecule has 2 aromatic rings. The summed E-state index contributed by atoms with van der Waals surface area (Å²) in [6.07, 6.45) is 4.44. The van der Waals surface area contributed by atoms with Gasteiger partial charge in [0, 0.05) is 37.5 Å². The van der Waals surface area contributed by atoms with Crippen molar-refractivity contribution in [3.8, 4) is 0 Å². The van der Waals surface area contributed by atoms with E-state index >= 15 is 0 Å². The molecular formula is C19H22N4O2. The Morgan fingerprint density at radius 3 is 2.96 bits per heavy atom. The number of hydrogen-bond donors (Lipinski definition) is 2. The van der Waals surface area contributed by atoms with Crippen LogP contribution in [0, 0.1) is 5.92 Å². The smallest absolute Gasteiger partial charge is 0.225 e. The van der Waals surface area contributed by atoms with Crippen LogP contribution in [0.15, 0.2) is 36.7 Å². The van der Waals surface area contributed by atoms with E-state index in [9.17, 15) is 9.59 Å². The van der Waals surface area contributed by atoms with Crippen molar-refractivity contribution in [2.75, 3.05) is 6.54 Å². The Kier molecular flexibility index (Phi) is 4.26. The van der Waals surface area contributed by atoms with E-state index in [4.69, 9.17) is 0 Å². The molecule has 2 atom stereocenters. The highest BCUT2D eigenvalue weighted by molar-refractivity contribution is 5.83. The maximum absolute atomic E-state index is 12.6. The number of aromatic nitrogens is 2. The van der Waals surface area contributed by atoms with E-state index in [-0.39, 0.29) is 23.8 Å². The number of carbonyl (C=O) groups excluding carboxylic acids is 2. The molecule has 1 saturated heterocycles. The molecule has 6 heteroatoms. The number of carbonyl (C=O) groups is 2. The van der Waals surface area contributed by atoms with Gasteiger partial charge in [-0.25, -0.2) is 4.98 Å². The Bertz CT molecular complexity index is 771. The predicted molar refractivity (Wildman–Crippen MR) is 92.5 cm³/mol. The summed E-state index contributed by atoms with van der Waals surface area (Å²) in [5.41, 5.74) is 3.26. The van der Waals surface area contributed by atoms with E-state index in [1.165, 1.54) is 0 Å². The van der Waals surface area contributed by atoms with Crippen molar-refractivity contribution in [1.82, 2.24) is 20.2 Å². The third-order valence-corrected chi connectivity index (χ3v) is 5.14. The van der Waals surface area contributed by atoms with Crippen LogP contribution in [0.4, 0.5) is 0 Å². The summed E-state index contributed by atoms with van der Waals surface area (Å²) in [5.74, 6) is 0.125. The molecule has 0 spiro atoms. The van der Waals surface area contributed by atoms with Crippen molar-refractivity contribution < 1.29 is 9.59 Å². The molecule has 0 radical (unpaired) electrons. The molecule has 1 fully saturated rings. The fourth-order valence-corrected chi connectivity index (χ4v) is 3.77. The van der Waals surface area contributed by atoms with Crippen LogP contribution in [0.5, 0.6) is 0 Å². The second-order valence-corrected chi connectivity index (χ2v) is 6.94. The Balaban J connectivity index is 1.33. The predicted octanol–water partition coefficient (Wildman–Crippen LogP) is 1.43. The molecule has 0 bridgehead atoms. The number of rotatable bonds is 4. The first-order valence-corrected chi connectivity index (χ1v) is 8.82. The van der Waals surface area contributed by atoms with Gasteiger partial charge < -0.3 is 15.2 Å². The van der Waals surface area contributed by atoms with Crippen LogP contribution in [0.25, 0.3) is 0 Å². The van der Waals surface area contributed by atoms with Crippen LogP contribution in [0.2, 0.25) is 0 Å². The summed E-state index contributed by atoms with van der Waals surface area (Å²) in [7, 11) is 0. The number of nitrogens with zero attached hydrogens (tertiary/aromatic N) is 2. The highest BCUT2D eigenvalue weighted by Gasteiger charge is 2.33. The van der Waals surface area contributed by atoms with Gasteiger partial charge in [0.05, 0.1) is 18.1 Å². The van der Waals surface area contributed by atoms with Gasteiger partial charge in [0.1, 0.15) is 0 Å². The molecule has 1 aliphatic carbocycles. The lowest BCUT2D eigenvalue weighted by atomic mass is 9.89. The zero-order valence-electron chi connectivity index (χ0n) is 14.1. The zero-order valence-corrected chi connectivity index (χ0v) is 14.1. The zero-order chi connectivity index (χ0) is 17.2. The fourth-order valence-electron chi connectivity index (χ4n) is 3.77. The third-order valence-electron chi connectivity index (χ3n) is 5.14. The summed E-state index contributed by atoms with van der Waals surface area (Å²) in [4.78, 5) is 34.0. The van der Waals surface area contributed by atoms with Gasteiger partial charge in [-0.1, -0.05) is 30.3 Å². The van der Waals surface area contributed by atoms with Crippen molar-refractivity contribution in [3.63, 3.8) is 0 Å². The SMILES string of the molecule is O=C(N[C@H]1CC(=O)N(Cc2ccccc2)C1)[C@@H]1CCc2nc[nH]c2C1. The average Bonchev–Trinajstić information content (AvgIpc) is 3.22. The number of hydrogen-bond acceptors (Lipinski definition) is 3. The van der Waals surface area contributed by atoms with Crippen LogP contribution in [-0.4, -0.2) is 39.3 Å². The number of benzene rings is 1. The van der Waals surface area contributed by atoms with E-state index in [1.807, 2.05) is 35.2 Å².